The fourth-order valence-electron chi connectivity index (χ4n) is 2.14. The Balaban J connectivity index is 1.56. The highest BCUT2D eigenvalue weighted by molar-refractivity contribution is 6.32. The molecule has 0 bridgehead atoms. The largest absolute Gasteiger partial charge is 0.487 e. The molecule has 1 N–H and O–H groups in total. The van der Waals surface area contributed by atoms with Crippen LogP contribution in [0.5, 0.6) is 5.75 Å². The van der Waals surface area contributed by atoms with Gasteiger partial charge in [0.25, 0.3) is 0 Å². The van der Waals surface area contributed by atoms with Gasteiger partial charge in [-0.2, -0.15) is 5.10 Å². The molecule has 21 heavy (non-hydrogen) atoms. The van der Waals surface area contributed by atoms with Gasteiger partial charge >= 0.3 is 0 Å². The Morgan fingerprint density at radius 3 is 2.90 bits per heavy atom. The van der Waals surface area contributed by atoms with Crippen molar-refractivity contribution in [3.8, 4) is 5.75 Å². The van der Waals surface area contributed by atoms with Crippen LogP contribution in [0.1, 0.15) is 30.9 Å². The second-order valence-corrected chi connectivity index (χ2v) is 5.82. The van der Waals surface area contributed by atoms with Gasteiger partial charge in [0, 0.05) is 30.9 Å². The molecule has 1 fully saturated rings. The number of nitrogens with zero attached hydrogens (tertiary/aromatic N) is 2. The molecule has 1 aliphatic carbocycles. The molecule has 1 saturated carbocycles. The van der Waals surface area contributed by atoms with Crippen molar-refractivity contribution in [2.75, 3.05) is 0 Å². The number of nitrogens with one attached hydrogen (secondary N) is 1. The second kappa shape index (κ2) is 6.50. The molecule has 5 heteroatoms. The van der Waals surface area contributed by atoms with Crippen LogP contribution in [0.3, 0.4) is 0 Å². The number of hydrogen-bond donors (Lipinski definition) is 1. The van der Waals surface area contributed by atoms with Crippen molar-refractivity contribution in [2.24, 2.45) is 0 Å². The average Bonchev–Trinajstić information content (AvgIpc) is 3.21. The minimum Gasteiger partial charge on any atom is -0.487 e. The zero-order valence-corrected chi connectivity index (χ0v) is 12.9. The summed E-state index contributed by atoms with van der Waals surface area (Å²) in [5.74, 6) is 0.719. The van der Waals surface area contributed by atoms with E-state index in [1.165, 1.54) is 18.4 Å². The molecule has 0 radical (unpaired) electrons. The molecule has 0 aliphatic heterocycles. The number of aryl methyl sites for hydroxylation is 1. The Kier molecular flexibility index (Phi) is 4.46. The van der Waals surface area contributed by atoms with Gasteiger partial charge < -0.3 is 10.1 Å². The summed E-state index contributed by atoms with van der Waals surface area (Å²) < 4.78 is 7.65. The third kappa shape index (κ3) is 3.99. The number of halogens is 1. The predicted octanol–water partition coefficient (Wildman–Crippen LogP) is 3.39. The molecule has 1 aromatic heterocycles. The van der Waals surface area contributed by atoms with Crippen LogP contribution in [-0.2, 0) is 19.7 Å². The van der Waals surface area contributed by atoms with Gasteiger partial charge in [-0.3, -0.25) is 4.68 Å². The lowest BCUT2D eigenvalue weighted by molar-refractivity contribution is 0.306. The van der Waals surface area contributed by atoms with Gasteiger partial charge in [-0.1, -0.05) is 17.7 Å². The molecular formula is C16H20ClN3O. The Morgan fingerprint density at radius 2 is 2.24 bits per heavy atom. The van der Waals surface area contributed by atoms with Crippen LogP contribution in [0.15, 0.2) is 30.6 Å². The molecule has 4 nitrogen and oxygen atoms in total. The van der Waals surface area contributed by atoms with Crippen molar-refractivity contribution in [2.45, 2.75) is 45.5 Å². The van der Waals surface area contributed by atoms with Crippen molar-refractivity contribution < 1.29 is 4.74 Å². The predicted molar refractivity (Wildman–Crippen MR) is 83.5 cm³/mol. The molecule has 0 spiro atoms. The first kappa shape index (κ1) is 14.4. The molecule has 0 atom stereocenters. The summed E-state index contributed by atoms with van der Waals surface area (Å²) in [6.45, 7) is 4.28. The van der Waals surface area contributed by atoms with Crippen LogP contribution in [0.25, 0.3) is 0 Å². The van der Waals surface area contributed by atoms with Crippen molar-refractivity contribution in [1.29, 1.82) is 0 Å². The van der Waals surface area contributed by atoms with Gasteiger partial charge in [-0.15, -0.1) is 0 Å². The summed E-state index contributed by atoms with van der Waals surface area (Å²) in [7, 11) is 0. The first-order valence-corrected chi connectivity index (χ1v) is 7.78. The molecule has 112 valence electrons. The maximum atomic E-state index is 6.29. The highest BCUT2D eigenvalue weighted by Gasteiger charge is 2.20. The van der Waals surface area contributed by atoms with Crippen molar-refractivity contribution >= 4 is 11.6 Å². The van der Waals surface area contributed by atoms with Crippen LogP contribution >= 0.6 is 11.6 Å². The number of ether oxygens (including phenoxy) is 1. The van der Waals surface area contributed by atoms with Crippen LogP contribution in [0.2, 0.25) is 5.02 Å². The first-order valence-electron chi connectivity index (χ1n) is 7.40. The van der Waals surface area contributed by atoms with Crippen molar-refractivity contribution in [3.05, 3.63) is 46.7 Å². The minimum atomic E-state index is 0.486. The quantitative estimate of drug-likeness (QED) is 0.852. The number of hydrogen-bond acceptors (Lipinski definition) is 3. The number of benzene rings is 1. The van der Waals surface area contributed by atoms with Crippen LogP contribution in [0.4, 0.5) is 0 Å². The van der Waals surface area contributed by atoms with Gasteiger partial charge in [0.1, 0.15) is 12.4 Å². The molecule has 1 heterocycles. The molecule has 1 aromatic carbocycles. The summed E-state index contributed by atoms with van der Waals surface area (Å²) in [6.07, 6.45) is 6.40. The third-order valence-corrected chi connectivity index (χ3v) is 3.87. The standard InChI is InChI=1S/C16H20ClN3O/c1-2-20-10-13(9-19-20)11-21-16-6-3-12(7-15(16)17)8-18-14-4-5-14/h3,6-7,9-10,14,18H,2,4-5,8,11H2,1H3. The van der Waals surface area contributed by atoms with E-state index >= 15 is 0 Å². The van der Waals surface area contributed by atoms with Crippen LogP contribution in [-0.4, -0.2) is 15.8 Å². The lowest BCUT2D eigenvalue weighted by Gasteiger charge is -2.09. The van der Waals surface area contributed by atoms with E-state index in [4.69, 9.17) is 16.3 Å². The van der Waals surface area contributed by atoms with E-state index in [0.717, 1.165) is 24.4 Å². The fourth-order valence-corrected chi connectivity index (χ4v) is 2.39. The lowest BCUT2D eigenvalue weighted by atomic mass is 10.2. The Bertz CT molecular complexity index is 607. The number of rotatable bonds is 7. The summed E-state index contributed by atoms with van der Waals surface area (Å²) >= 11 is 6.29. The average molecular weight is 306 g/mol. The minimum absolute atomic E-state index is 0.486. The molecule has 2 aromatic rings. The Labute approximate surface area is 130 Å². The van der Waals surface area contributed by atoms with E-state index in [9.17, 15) is 0 Å². The normalized spacial score (nSPS) is 14.4. The van der Waals surface area contributed by atoms with E-state index in [2.05, 4.69) is 23.4 Å². The summed E-state index contributed by atoms with van der Waals surface area (Å²) in [6, 6.07) is 6.68. The second-order valence-electron chi connectivity index (χ2n) is 5.41. The van der Waals surface area contributed by atoms with E-state index in [-0.39, 0.29) is 0 Å². The highest BCUT2D eigenvalue weighted by atomic mass is 35.5. The maximum absolute atomic E-state index is 6.29. The fraction of sp³-hybridized carbons (Fsp3) is 0.438. The zero-order valence-electron chi connectivity index (χ0n) is 12.2. The third-order valence-electron chi connectivity index (χ3n) is 3.57. The first-order chi connectivity index (χ1) is 10.2. The molecular weight excluding hydrogens is 286 g/mol. The zero-order chi connectivity index (χ0) is 14.7. The smallest absolute Gasteiger partial charge is 0.138 e. The van der Waals surface area contributed by atoms with Gasteiger partial charge in [0.2, 0.25) is 0 Å². The summed E-state index contributed by atoms with van der Waals surface area (Å²) in [5, 5.41) is 8.36. The number of aromatic nitrogens is 2. The Hall–Kier alpha value is -1.52. The molecule has 1 aliphatic rings. The van der Waals surface area contributed by atoms with Gasteiger partial charge in [-0.25, -0.2) is 0 Å². The van der Waals surface area contributed by atoms with Crippen LogP contribution < -0.4 is 10.1 Å². The SMILES string of the molecule is CCn1cc(COc2ccc(CNC3CC3)cc2Cl)cn1. The van der Waals surface area contributed by atoms with Gasteiger partial charge in [-0.05, 0) is 37.5 Å². The van der Waals surface area contributed by atoms with E-state index in [1.54, 1.807) is 0 Å². The summed E-state index contributed by atoms with van der Waals surface area (Å²) in [5.41, 5.74) is 2.24. The maximum Gasteiger partial charge on any atom is 0.138 e. The summed E-state index contributed by atoms with van der Waals surface area (Å²) in [4.78, 5) is 0. The van der Waals surface area contributed by atoms with Crippen molar-refractivity contribution in [1.82, 2.24) is 15.1 Å². The Morgan fingerprint density at radius 1 is 1.38 bits per heavy atom. The molecule has 0 amide bonds. The topological polar surface area (TPSA) is 39.1 Å². The van der Waals surface area contributed by atoms with E-state index in [1.807, 2.05) is 29.2 Å². The highest BCUT2D eigenvalue weighted by Crippen LogP contribution is 2.27. The van der Waals surface area contributed by atoms with Gasteiger partial charge in [0.05, 0.1) is 11.2 Å². The lowest BCUT2D eigenvalue weighted by Crippen LogP contribution is -2.15. The van der Waals surface area contributed by atoms with E-state index in [0.29, 0.717) is 17.7 Å². The molecule has 3 rings (SSSR count). The van der Waals surface area contributed by atoms with Crippen molar-refractivity contribution in [3.63, 3.8) is 0 Å². The molecule has 0 unspecified atom stereocenters. The van der Waals surface area contributed by atoms with Crippen LogP contribution in [0, 0.1) is 0 Å². The molecule has 0 saturated heterocycles. The van der Waals surface area contributed by atoms with E-state index < -0.39 is 0 Å². The van der Waals surface area contributed by atoms with Gasteiger partial charge in [0.15, 0.2) is 0 Å². The monoisotopic (exact) mass is 305 g/mol.